The van der Waals surface area contributed by atoms with Crippen molar-refractivity contribution in [3.05, 3.63) is 98.2 Å². The van der Waals surface area contributed by atoms with Crippen molar-refractivity contribution in [2.24, 2.45) is 0 Å². The van der Waals surface area contributed by atoms with E-state index in [4.69, 9.17) is 23.2 Å². The smallest absolute Gasteiger partial charge is 0.282 e. The number of carbonyl (C=O) groups is 2. The van der Waals surface area contributed by atoms with Gasteiger partial charge in [-0.2, -0.15) is 0 Å². The minimum absolute atomic E-state index is 0.211. The lowest BCUT2D eigenvalue weighted by atomic mass is 9.99. The predicted molar refractivity (Wildman–Crippen MR) is 131 cm³/mol. The van der Waals surface area contributed by atoms with Crippen LogP contribution in [0.3, 0.4) is 0 Å². The average molecular weight is 465 g/mol. The van der Waals surface area contributed by atoms with Gasteiger partial charge in [-0.25, -0.2) is 4.90 Å². The number of rotatable bonds is 4. The largest absolute Gasteiger partial charge is 0.350 e. The van der Waals surface area contributed by atoms with Crippen molar-refractivity contribution in [3.8, 4) is 0 Å². The van der Waals surface area contributed by atoms with Crippen molar-refractivity contribution in [2.75, 3.05) is 10.2 Å². The Bertz CT molecular complexity index is 1310. The second kappa shape index (κ2) is 8.45. The number of halogens is 2. The van der Waals surface area contributed by atoms with E-state index in [0.29, 0.717) is 38.1 Å². The molecule has 0 atom stereocenters. The zero-order valence-electron chi connectivity index (χ0n) is 18.2. The fourth-order valence-electron chi connectivity index (χ4n) is 3.73. The van der Waals surface area contributed by atoms with Crippen molar-refractivity contribution < 1.29 is 9.59 Å². The van der Waals surface area contributed by atoms with Crippen molar-refractivity contribution in [3.63, 3.8) is 0 Å². The zero-order chi connectivity index (χ0) is 23.2. The van der Waals surface area contributed by atoms with Gasteiger partial charge in [0, 0.05) is 15.7 Å². The Kier molecular flexibility index (Phi) is 5.85. The monoisotopic (exact) mass is 464 g/mol. The second-order valence-corrected chi connectivity index (χ2v) is 8.81. The molecule has 4 rings (SSSR count). The topological polar surface area (TPSA) is 49.4 Å². The van der Waals surface area contributed by atoms with Crippen LogP contribution in [0.1, 0.15) is 27.8 Å². The van der Waals surface area contributed by atoms with Crippen molar-refractivity contribution >= 4 is 52.0 Å². The zero-order valence-corrected chi connectivity index (χ0v) is 19.7. The number of nitrogens with one attached hydrogen (secondary N) is 1. The van der Waals surface area contributed by atoms with Crippen LogP contribution in [0.15, 0.2) is 60.3 Å². The molecule has 0 radical (unpaired) electrons. The molecular formula is C26H22Cl2N2O2. The van der Waals surface area contributed by atoms with E-state index in [2.05, 4.69) is 5.32 Å². The molecule has 0 saturated carbocycles. The molecule has 3 aromatic carbocycles. The molecule has 32 heavy (non-hydrogen) atoms. The molecule has 1 N–H and O–H groups in total. The van der Waals surface area contributed by atoms with Gasteiger partial charge in [0.1, 0.15) is 5.70 Å². The van der Waals surface area contributed by atoms with Gasteiger partial charge in [-0.3, -0.25) is 9.59 Å². The number of hydrogen-bond donors (Lipinski definition) is 1. The normalized spacial score (nSPS) is 13.9. The number of amides is 2. The predicted octanol–water partition coefficient (Wildman–Crippen LogP) is 6.62. The number of hydrogen-bond acceptors (Lipinski definition) is 3. The number of aryl methyl sites for hydroxylation is 3. The third-order valence-electron chi connectivity index (χ3n) is 5.82. The highest BCUT2D eigenvalue weighted by molar-refractivity contribution is 6.46. The summed E-state index contributed by atoms with van der Waals surface area (Å²) < 4.78 is 0. The van der Waals surface area contributed by atoms with E-state index in [0.717, 1.165) is 16.7 Å². The van der Waals surface area contributed by atoms with Gasteiger partial charge in [0.05, 0.1) is 11.3 Å². The minimum atomic E-state index is -0.437. The van der Waals surface area contributed by atoms with Gasteiger partial charge in [-0.15, -0.1) is 0 Å². The van der Waals surface area contributed by atoms with Crippen LogP contribution in [0.5, 0.6) is 0 Å². The van der Waals surface area contributed by atoms with E-state index in [1.807, 2.05) is 45.0 Å². The maximum absolute atomic E-state index is 13.7. The fraction of sp³-hybridized carbons (Fsp3) is 0.154. The number of imide groups is 1. The summed E-state index contributed by atoms with van der Waals surface area (Å²) in [6, 6.07) is 16.3. The van der Waals surface area contributed by atoms with E-state index < -0.39 is 11.8 Å². The standard InChI is InChI=1S/C26H22Cl2N2O2/c1-14-8-10-18(12-16(14)3)23-24(29-21-13-19(27)11-9-15(21)2)26(32)30(25(23)31)22-7-5-6-20(28)17(22)4/h5-13,29H,1-4H3. The third kappa shape index (κ3) is 3.81. The summed E-state index contributed by atoms with van der Waals surface area (Å²) >= 11 is 12.5. The molecule has 3 aromatic rings. The Morgan fingerprint density at radius 2 is 1.50 bits per heavy atom. The summed E-state index contributed by atoms with van der Waals surface area (Å²) in [4.78, 5) is 28.5. The first-order valence-corrected chi connectivity index (χ1v) is 10.9. The van der Waals surface area contributed by atoms with Gasteiger partial charge in [-0.1, -0.05) is 53.5 Å². The highest BCUT2D eigenvalue weighted by Crippen LogP contribution is 2.37. The Morgan fingerprint density at radius 1 is 0.781 bits per heavy atom. The summed E-state index contributed by atoms with van der Waals surface area (Å²) in [6.07, 6.45) is 0. The third-order valence-corrected chi connectivity index (χ3v) is 6.46. The molecule has 162 valence electrons. The molecule has 1 heterocycles. The molecule has 1 aliphatic rings. The summed E-state index contributed by atoms with van der Waals surface area (Å²) in [5.74, 6) is -0.834. The first-order valence-electron chi connectivity index (χ1n) is 10.2. The van der Waals surface area contributed by atoms with Gasteiger partial charge in [0.25, 0.3) is 11.8 Å². The molecular weight excluding hydrogens is 443 g/mol. The summed E-state index contributed by atoms with van der Waals surface area (Å²) in [5.41, 5.74) is 6.04. The maximum Gasteiger partial charge on any atom is 0.282 e. The SMILES string of the molecule is Cc1ccc(C2=C(Nc3cc(Cl)ccc3C)C(=O)N(c3cccc(Cl)c3C)C2=O)cc1C. The van der Waals surface area contributed by atoms with Crippen LogP contribution >= 0.6 is 23.2 Å². The molecule has 0 unspecified atom stereocenters. The molecule has 0 bridgehead atoms. The average Bonchev–Trinajstić information content (AvgIpc) is 2.99. The number of nitrogens with zero attached hydrogens (tertiary/aromatic N) is 1. The lowest BCUT2D eigenvalue weighted by molar-refractivity contribution is -0.120. The first kappa shape index (κ1) is 22.1. The van der Waals surface area contributed by atoms with Crippen LogP contribution in [-0.4, -0.2) is 11.8 Å². The lowest BCUT2D eigenvalue weighted by Gasteiger charge is -2.18. The van der Waals surface area contributed by atoms with Crippen molar-refractivity contribution in [1.29, 1.82) is 0 Å². The van der Waals surface area contributed by atoms with Crippen LogP contribution < -0.4 is 10.2 Å². The molecule has 6 heteroatoms. The second-order valence-electron chi connectivity index (χ2n) is 7.96. The van der Waals surface area contributed by atoms with E-state index >= 15 is 0 Å². The van der Waals surface area contributed by atoms with Gasteiger partial charge in [-0.05, 0) is 79.8 Å². The van der Waals surface area contributed by atoms with Gasteiger partial charge >= 0.3 is 0 Å². The van der Waals surface area contributed by atoms with Gasteiger partial charge in [0.2, 0.25) is 0 Å². The highest BCUT2D eigenvalue weighted by Gasteiger charge is 2.41. The molecule has 0 aliphatic carbocycles. The Labute approximate surface area is 197 Å². The molecule has 2 amide bonds. The summed E-state index contributed by atoms with van der Waals surface area (Å²) in [7, 11) is 0. The first-order chi connectivity index (χ1) is 15.2. The molecule has 1 aliphatic heterocycles. The lowest BCUT2D eigenvalue weighted by Crippen LogP contribution is -2.33. The number of carbonyl (C=O) groups excluding carboxylic acids is 2. The van der Waals surface area contributed by atoms with E-state index in [1.54, 1.807) is 37.3 Å². The van der Waals surface area contributed by atoms with Crippen LogP contribution in [0, 0.1) is 27.7 Å². The highest BCUT2D eigenvalue weighted by atomic mass is 35.5. The van der Waals surface area contributed by atoms with Crippen LogP contribution in [0.25, 0.3) is 5.57 Å². The van der Waals surface area contributed by atoms with Crippen LogP contribution in [0.2, 0.25) is 10.0 Å². The summed E-state index contributed by atoms with van der Waals surface area (Å²) in [5, 5.41) is 4.22. The quantitative estimate of drug-likeness (QED) is 0.441. The maximum atomic E-state index is 13.7. The number of anilines is 2. The minimum Gasteiger partial charge on any atom is -0.350 e. The molecule has 0 aromatic heterocycles. The Hall–Kier alpha value is -3.08. The molecule has 0 fully saturated rings. The van der Waals surface area contributed by atoms with E-state index in [-0.39, 0.29) is 5.70 Å². The Morgan fingerprint density at radius 3 is 2.22 bits per heavy atom. The number of benzene rings is 3. The summed E-state index contributed by atoms with van der Waals surface area (Å²) in [6.45, 7) is 7.69. The van der Waals surface area contributed by atoms with E-state index in [1.165, 1.54) is 4.90 Å². The van der Waals surface area contributed by atoms with E-state index in [9.17, 15) is 9.59 Å². The van der Waals surface area contributed by atoms with Crippen LogP contribution in [0.4, 0.5) is 11.4 Å². The van der Waals surface area contributed by atoms with Gasteiger partial charge < -0.3 is 5.32 Å². The van der Waals surface area contributed by atoms with Crippen molar-refractivity contribution in [2.45, 2.75) is 27.7 Å². The Balaban J connectivity index is 1.90. The molecule has 4 nitrogen and oxygen atoms in total. The van der Waals surface area contributed by atoms with Crippen molar-refractivity contribution in [1.82, 2.24) is 0 Å². The molecule has 0 saturated heterocycles. The fourth-order valence-corrected chi connectivity index (χ4v) is 4.07. The molecule has 0 spiro atoms. The van der Waals surface area contributed by atoms with Gasteiger partial charge in [0.15, 0.2) is 0 Å². The van der Waals surface area contributed by atoms with Crippen LogP contribution in [-0.2, 0) is 9.59 Å².